The first kappa shape index (κ1) is 18.1. The van der Waals surface area contributed by atoms with E-state index in [0.717, 1.165) is 25.2 Å². The van der Waals surface area contributed by atoms with Crippen LogP contribution in [0.15, 0.2) is 24.4 Å². The molecule has 1 fully saturated rings. The van der Waals surface area contributed by atoms with Gasteiger partial charge in [-0.1, -0.05) is 0 Å². The van der Waals surface area contributed by atoms with Crippen LogP contribution in [0.2, 0.25) is 0 Å². The largest absolute Gasteiger partial charge is 0.486 e. The van der Waals surface area contributed by atoms with Gasteiger partial charge in [-0.05, 0) is 38.3 Å². The molecule has 144 valence electrons. The maximum atomic E-state index is 14.6. The van der Waals surface area contributed by atoms with Gasteiger partial charge >= 0.3 is 0 Å². The Morgan fingerprint density at radius 3 is 2.59 bits per heavy atom. The van der Waals surface area contributed by atoms with Crippen molar-refractivity contribution in [3.05, 3.63) is 53.1 Å². The molecule has 0 aliphatic carbocycles. The van der Waals surface area contributed by atoms with E-state index in [4.69, 9.17) is 9.47 Å². The van der Waals surface area contributed by atoms with E-state index in [1.165, 1.54) is 6.07 Å². The van der Waals surface area contributed by atoms with Crippen LogP contribution in [-0.4, -0.2) is 36.2 Å². The quantitative estimate of drug-likeness (QED) is 0.808. The van der Waals surface area contributed by atoms with Gasteiger partial charge in [-0.15, -0.1) is 0 Å². The highest BCUT2D eigenvalue weighted by atomic mass is 19.1. The Hall–Kier alpha value is -2.28. The first-order valence-electron chi connectivity index (χ1n) is 9.14. The maximum absolute atomic E-state index is 14.6. The summed E-state index contributed by atoms with van der Waals surface area (Å²) in [6.07, 6.45) is 2.34. The minimum Gasteiger partial charge on any atom is -0.486 e. The molecule has 0 N–H and O–H groups in total. The summed E-state index contributed by atoms with van der Waals surface area (Å²) in [4.78, 5) is 6.04. The van der Waals surface area contributed by atoms with Crippen molar-refractivity contribution in [3.63, 3.8) is 0 Å². The van der Waals surface area contributed by atoms with Gasteiger partial charge in [-0.2, -0.15) is 0 Å². The van der Waals surface area contributed by atoms with Crippen molar-refractivity contribution in [2.75, 3.05) is 26.3 Å². The molecular weight excluding hydrogens is 357 g/mol. The van der Waals surface area contributed by atoms with Crippen molar-refractivity contribution in [1.29, 1.82) is 0 Å². The molecule has 2 aromatic rings. The number of hydrogen-bond acceptors (Lipinski definition) is 4. The number of hydrogen-bond donors (Lipinski definition) is 0. The number of rotatable bonds is 4. The predicted octanol–water partition coefficient (Wildman–Crippen LogP) is 3.90. The van der Waals surface area contributed by atoms with Gasteiger partial charge in [0.15, 0.2) is 11.5 Å². The maximum Gasteiger partial charge on any atom is 0.164 e. The van der Waals surface area contributed by atoms with E-state index in [0.29, 0.717) is 43.2 Å². The van der Waals surface area contributed by atoms with Crippen molar-refractivity contribution >= 4 is 0 Å². The summed E-state index contributed by atoms with van der Waals surface area (Å²) in [5, 5.41) is 0. The summed E-state index contributed by atoms with van der Waals surface area (Å²) in [7, 11) is 0. The number of nitrogens with zero attached hydrogens (tertiary/aromatic N) is 2. The standard InChI is InChI=1S/C20H21F3N2O2/c1-12(15-8-19-20(9-16(15)22)27-5-4-26-19)25-3-2-13(11-25)6-18-17(23)7-14(21)10-24-18/h7-10,12-13H,2-6,11H2,1H3/t12-,13-/m1/s1. The zero-order chi connectivity index (χ0) is 19.0. The van der Waals surface area contributed by atoms with Gasteiger partial charge in [0.2, 0.25) is 0 Å². The summed E-state index contributed by atoms with van der Waals surface area (Å²) in [6, 6.07) is 3.81. The van der Waals surface area contributed by atoms with Crippen LogP contribution in [0.5, 0.6) is 11.5 Å². The zero-order valence-corrected chi connectivity index (χ0v) is 15.1. The summed E-state index contributed by atoms with van der Waals surface area (Å²) in [6.45, 7) is 4.31. The van der Waals surface area contributed by atoms with Gasteiger partial charge in [0, 0.05) is 30.3 Å². The minimum atomic E-state index is -0.674. The van der Waals surface area contributed by atoms with Gasteiger partial charge in [-0.3, -0.25) is 9.88 Å². The molecule has 1 saturated heterocycles. The fourth-order valence-electron chi connectivity index (χ4n) is 3.84. The molecule has 4 nitrogen and oxygen atoms in total. The van der Waals surface area contributed by atoms with Gasteiger partial charge in [0.05, 0.1) is 11.9 Å². The molecule has 0 bridgehead atoms. The molecule has 0 saturated carbocycles. The molecule has 2 aliphatic rings. The third kappa shape index (κ3) is 3.74. The van der Waals surface area contributed by atoms with E-state index in [2.05, 4.69) is 9.88 Å². The van der Waals surface area contributed by atoms with Crippen LogP contribution < -0.4 is 9.47 Å². The second kappa shape index (κ2) is 7.38. The van der Waals surface area contributed by atoms with Gasteiger partial charge < -0.3 is 9.47 Å². The SMILES string of the molecule is C[C@H](c1cc2c(cc1F)OCCO2)N1CC[C@H](Cc2ncc(F)cc2F)C1. The van der Waals surface area contributed by atoms with E-state index in [1.807, 2.05) is 6.92 Å². The topological polar surface area (TPSA) is 34.6 Å². The Morgan fingerprint density at radius 2 is 1.85 bits per heavy atom. The Balaban J connectivity index is 1.45. The lowest BCUT2D eigenvalue weighted by Crippen LogP contribution is -2.26. The molecule has 1 aromatic heterocycles. The monoisotopic (exact) mass is 378 g/mol. The van der Waals surface area contributed by atoms with Crippen LogP contribution in [0.25, 0.3) is 0 Å². The van der Waals surface area contributed by atoms with E-state index in [1.54, 1.807) is 6.07 Å². The summed E-state index contributed by atoms with van der Waals surface area (Å²) >= 11 is 0. The second-order valence-corrected chi connectivity index (χ2v) is 7.13. The average Bonchev–Trinajstić information content (AvgIpc) is 3.11. The zero-order valence-electron chi connectivity index (χ0n) is 15.1. The molecule has 27 heavy (non-hydrogen) atoms. The first-order valence-corrected chi connectivity index (χ1v) is 9.14. The van der Waals surface area contributed by atoms with Gasteiger partial charge in [-0.25, -0.2) is 13.2 Å². The second-order valence-electron chi connectivity index (χ2n) is 7.13. The Labute approximate surface area is 155 Å². The predicted molar refractivity (Wildman–Crippen MR) is 93.3 cm³/mol. The van der Waals surface area contributed by atoms with Crippen LogP contribution in [0.4, 0.5) is 13.2 Å². The third-order valence-electron chi connectivity index (χ3n) is 5.34. The fourth-order valence-corrected chi connectivity index (χ4v) is 3.84. The molecule has 0 amide bonds. The fraction of sp³-hybridized carbons (Fsp3) is 0.450. The Bertz CT molecular complexity index is 846. The number of halogens is 3. The number of benzene rings is 1. The molecule has 0 radical (unpaired) electrons. The lowest BCUT2D eigenvalue weighted by Gasteiger charge is -2.27. The third-order valence-corrected chi connectivity index (χ3v) is 5.34. The average molecular weight is 378 g/mol. The molecule has 7 heteroatoms. The first-order chi connectivity index (χ1) is 13.0. The summed E-state index contributed by atoms with van der Waals surface area (Å²) in [5.41, 5.74) is 0.840. The number of aromatic nitrogens is 1. The van der Waals surface area contributed by atoms with Crippen molar-refractivity contribution in [3.8, 4) is 11.5 Å². The normalized spacial score (nSPS) is 20.7. The smallest absolute Gasteiger partial charge is 0.164 e. The number of likely N-dealkylation sites (tertiary alicyclic amines) is 1. The highest BCUT2D eigenvalue weighted by molar-refractivity contribution is 5.45. The number of ether oxygens (including phenoxy) is 2. The van der Waals surface area contributed by atoms with Crippen LogP contribution in [-0.2, 0) is 6.42 Å². The highest BCUT2D eigenvalue weighted by Gasteiger charge is 2.30. The molecular formula is C20H21F3N2O2. The molecule has 2 aliphatic heterocycles. The van der Waals surface area contributed by atoms with Crippen molar-refractivity contribution < 1.29 is 22.6 Å². The molecule has 0 unspecified atom stereocenters. The minimum absolute atomic E-state index is 0.142. The number of fused-ring (bicyclic) bond motifs is 1. The highest BCUT2D eigenvalue weighted by Crippen LogP contribution is 2.37. The molecule has 0 spiro atoms. The molecule has 1 aromatic carbocycles. The molecule has 4 rings (SSSR count). The van der Waals surface area contributed by atoms with E-state index in [9.17, 15) is 13.2 Å². The van der Waals surface area contributed by atoms with Crippen LogP contribution >= 0.6 is 0 Å². The number of pyridine rings is 1. The lowest BCUT2D eigenvalue weighted by atomic mass is 10.0. The van der Waals surface area contributed by atoms with Crippen LogP contribution in [0.3, 0.4) is 0 Å². The van der Waals surface area contributed by atoms with E-state index >= 15 is 0 Å². The van der Waals surface area contributed by atoms with E-state index < -0.39 is 11.6 Å². The van der Waals surface area contributed by atoms with Gasteiger partial charge in [0.1, 0.15) is 30.7 Å². The Morgan fingerprint density at radius 1 is 1.11 bits per heavy atom. The van der Waals surface area contributed by atoms with Gasteiger partial charge in [0.25, 0.3) is 0 Å². The molecule has 2 atom stereocenters. The van der Waals surface area contributed by atoms with Crippen molar-refractivity contribution in [2.45, 2.75) is 25.8 Å². The lowest BCUT2D eigenvalue weighted by molar-refractivity contribution is 0.169. The summed E-state index contributed by atoms with van der Waals surface area (Å²) in [5.74, 6) is -0.405. The van der Waals surface area contributed by atoms with Crippen molar-refractivity contribution in [2.24, 2.45) is 5.92 Å². The van der Waals surface area contributed by atoms with Crippen molar-refractivity contribution in [1.82, 2.24) is 9.88 Å². The van der Waals surface area contributed by atoms with E-state index in [-0.39, 0.29) is 23.5 Å². The Kier molecular flexibility index (Phi) is 4.95. The van der Waals surface area contributed by atoms with Crippen LogP contribution in [0.1, 0.15) is 30.6 Å². The van der Waals surface area contributed by atoms with Crippen LogP contribution in [0, 0.1) is 23.4 Å². The molecule has 3 heterocycles. The summed E-state index contributed by atoms with van der Waals surface area (Å²) < 4.78 is 52.4.